The largest absolute Gasteiger partial charge is 0.343 e. The first-order valence-electron chi connectivity index (χ1n) is 8.94. The van der Waals surface area contributed by atoms with Crippen LogP contribution in [0.4, 0.5) is 0 Å². The number of hydrogen-bond acceptors (Lipinski definition) is 3. The summed E-state index contributed by atoms with van der Waals surface area (Å²) < 4.78 is 27.1. The number of aryl methyl sites for hydroxylation is 1. The third-order valence-electron chi connectivity index (χ3n) is 4.96. The van der Waals surface area contributed by atoms with Crippen LogP contribution in [0, 0.1) is 0 Å². The minimum absolute atomic E-state index is 0.197. The Morgan fingerprint density at radius 3 is 2.04 bits per heavy atom. The minimum Gasteiger partial charge on any atom is -0.343 e. The van der Waals surface area contributed by atoms with Crippen LogP contribution in [0.1, 0.15) is 44.1 Å². The lowest BCUT2D eigenvalue weighted by atomic mass is 10.1. The van der Waals surface area contributed by atoms with E-state index >= 15 is 0 Å². The Balaban J connectivity index is 1.61. The molecule has 0 aromatic heterocycles. The highest BCUT2D eigenvalue weighted by Gasteiger charge is 2.25. The lowest BCUT2D eigenvalue weighted by Crippen LogP contribution is -2.42. The Labute approximate surface area is 144 Å². The van der Waals surface area contributed by atoms with E-state index in [2.05, 4.69) is 0 Å². The smallest absolute Gasteiger partial charge is 0.243 e. The molecule has 2 aliphatic heterocycles. The second kappa shape index (κ2) is 7.66. The number of rotatable bonds is 5. The van der Waals surface area contributed by atoms with Crippen molar-refractivity contribution >= 4 is 15.9 Å². The molecule has 2 heterocycles. The monoisotopic (exact) mass is 350 g/mol. The van der Waals surface area contributed by atoms with Crippen LogP contribution in [0.2, 0.25) is 0 Å². The summed E-state index contributed by atoms with van der Waals surface area (Å²) in [6, 6.07) is 7.05. The Morgan fingerprint density at radius 2 is 1.50 bits per heavy atom. The molecule has 0 bridgehead atoms. The van der Waals surface area contributed by atoms with Crippen molar-refractivity contribution in [1.29, 1.82) is 0 Å². The molecule has 1 aromatic carbocycles. The zero-order chi connectivity index (χ0) is 17.0. The molecule has 5 nitrogen and oxygen atoms in total. The van der Waals surface area contributed by atoms with Gasteiger partial charge in [0.05, 0.1) is 4.90 Å². The maximum absolute atomic E-state index is 12.7. The van der Waals surface area contributed by atoms with Gasteiger partial charge in [0.2, 0.25) is 15.9 Å². The van der Waals surface area contributed by atoms with Gasteiger partial charge in [-0.25, -0.2) is 8.42 Å². The maximum Gasteiger partial charge on any atom is 0.243 e. The predicted octanol–water partition coefficient (Wildman–Crippen LogP) is 2.42. The molecule has 2 saturated heterocycles. The van der Waals surface area contributed by atoms with E-state index in [9.17, 15) is 13.2 Å². The first-order chi connectivity index (χ1) is 11.6. The first-order valence-corrected chi connectivity index (χ1v) is 10.4. The molecule has 0 N–H and O–H groups in total. The molecule has 0 saturated carbocycles. The van der Waals surface area contributed by atoms with Crippen LogP contribution in [-0.4, -0.2) is 49.7 Å². The Morgan fingerprint density at radius 1 is 0.875 bits per heavy atom. The summed E-state index contributed by atoms with van der Waals surface area (Å²) >= 11 is 0. The van der Waals surface area contributed by atoms with Crippen molar-refractivity contribution in [2.24, 2.45) is 0 Å². The van der Waals surface area contributed by atoms with Crippen LogP contribution in [-0.2, 0) is 21.2 Å². The molecule has 0 spiro atoms. The highest BCUT2D eigenvalue weighted by atomic mass is 32.2. The van der Waals surface area contributed by atoms with Gasteiger partial charge in [-0.2, -0.15) is 4.31 Å². The van der Waals surface area contributed by atoms with E-state index in [-0.39, 0.29) is 5.91 Å². The number of nitrogens with zero attached hydrogens (tertiary/aromatic N) is 2. The second-order valence-electron chi connectivity index (χ2n) is 6.70. The second-order valence-corrected chi connectivity index (χ2v) is 8.63. The fourth-order valence-corrected chi connectivity index (χ4v) is 4.75. The first kappa shape index (κ1) is 17.4. The van der Waals surface area contributed by atoms with Crippen LogP contribution < -0.4 is 0 Å². The molecule has 2 aliphatic rings. The standard InChI is InChI=1S/C18H26N2O3S/c21-18(19-12-5-13-19)11-8-16-6-9-17(10-7-16)24(22,23)20-14-3-1-2-4-15-20/h6-7,9-10H,1-5,8,11-15H2. The summed E-state index contributed by atoms with van der Waals surface area (Å²) in [5.74, 6) is 0.197. The normalized spacial score (nSPS) is 19.6. The van der Waals surface area contributed by atoms with E-state index in [1.165, 1.54) is 0 Å². The molecule has 0 aliphatic carbocycles. The highest BCUT2D eigenvalue weighted by Crippen LogP contribution is 2.21. The van der Waals surface area contributed by atoms with Crippen LogP contribution in [0.15, 0.2) is 29.2 Å². The van der Waals surface area contributed by atoms with Gasteiger partial charge in [-0.1, -0.05) is 25.0 Å². The number of carbonyl (C=O) groups excluding carboxylic acids is 1. The summed E-state index contributed by atoms with van der Waals surface area (Å²) in [5.41, 5.74) is 1.01. The highest BCUT2D eigenvalue weighted by molar-refractivity contribution is 7.89. The molecular formula is C18H26N2O3S. The summed E-state index contributed by atoms with van der Waals surface area (Å²) in [6.45, 7) is 3.00. The number of sulfonamides is 1. The topological polar surface area (TPSA) is 57.7 Å². The molecule has 2 fully saturated rings. The van der Waals surface area contributed by atoms with Gasteiger partial charge in [0, 0.05) is 32.6 Å². The summed E-state index contributed by atoms with van der Waals surface area (Å²) in [7, 11) is -3.38. The van der Waals surface area contributed by atoms with Crippen molar-refractivity contribution < 1.29 is 13.2 Å². The lowest BCUT2D eigenvalue weighted by Gasteiger charge is -2.30. The van der Waals surface area contributed by atoms with Crippen molar-refractivity contribution in [3.05, 3.63) is 29.8 Å². The fourth-order valence-electron chi connectivity index (χ4n) is 3.23. The number of carbonyl (C=O) groups is 1. The van der Waals surface area contributed by atoms with Gasteiger partial charge < -0.3 is 4.90 Å². The lowest BCUT2D eigenvalue weighted by molar-refractivity contribution is -0.134. The minimum atomic E-state index is -3.38. The molecule has 3 rings (SSSR count). The van der Waals surface area contributed by atoms with Crippen LogP contribution >= 0.6 is 0 Å². The zero-order valence-corrected chi connectivity index (χ0v) is 14.9. The average molecular weight is 350 g/mol. The summed E-state index contributed by atoms with van der Waals surface area (Å²) in [5, 5.41) is 0. The van der Waals surface area contributed by atoms with Gasteiger partial charge >= 0.3 is 0 Å². The Kier molecular flexibility index (Phi) is 5.56. The van der Waals surface area contributed by atoms with Crippen molar-refractivity contribution in [1.82, 2.24) is 9.21 Å². The van der Waals surface area contributed by atoms with Gasteiger partial charge in [0.15, 0.2) is 0 Å². The Hall–Kier alpha value is -1.40. The van der Waals surface area contributed by atoms with Gasteiger partial charge in [0.1, 0.15) is 0 Å². The number of amides is 1. The van der Waals surface area contributed by atoms with Gasteiger partial charge in [0.25, 0.3) is 0 Å². The van der Waals surface area contributed by atoms with Crippen molar-refractivity contribution in [2.75, 3.05) is 26.2 Å². The molecule has 1 aromatic rings. The molecule has 24 heavy (non-hydrogen) atoms. The molecule has 132 valence electrons. The SMILES string of the molecule is O=C(CCc1ccc(S(=O)(=O)N2CCCCCC2)cc1)N1CCC1. The predicted molar refractivity (Wildman–Crippen MR) is 93.2 cm³/mol. The molecule has 6 heteroatoms. The number of hydrogen-bond donors (Lipinski definition) is 0. The number of likely N-dealkylation sites (tertiary alicyclic amines) is 1. The third kappa shape index (κ3) is 3.98. The van der Waals surface area contributed by atoms with E-state index in [1.807, 2.05) is 17.0 Å². The van der Waals surface area contributed by atoms with Gasteiger partial charge in [-0.3, -0.25) is 4.79 Å². The zero-order valence-electron chi connectivity index (χ0n) is 14.1. The molecular weight excluding hydrogens is 324 g/mol. The molecule has 1 amide bonds. The van der Waals surface area contributed by atoms with Gasteiger partial charge in [-0.05, 0) is 43.4 Å². The van der Waals surface area contributed by atoms with Crippen LogP contribution in [0.25, 0.3) is 0 Å². The Bertz CT molecular complexity index is 658. The summed E-state index contributed by atoms with van der Waals surface area (Å²) in [4.78, 5) is 14.1. The maximum atomic E-state index is 12.7. The van der Waals surface area contributed by atoms with Crippen molar-refractivity contribution in [2.45, 2.75) is 49.8 Å². The van der Waals surface area contributed by atoms with Gasteiger partial charge in [-0.15, -0.1) is 0 Å². The third-order valence-corrected chi connectivity index (χ3v) is 6.88. The van der Waals surface area contributed by atoms with E-state index in [1.54, 1.807) is 16.4 Å². The van der Waals surface area contributed by atoms with E-state index < -0.39 is 10.0 Å². The fraction of sp³-hybridized carbons (Fsp3) is 0.611. The van der Waals surface area contributed by atoms with Crippen LogP contribution in [0.5, 0.6) is 0 Å². The summed E-state index contributed by atoms with van der Waals surface area (Å²) in [6.07, 6.45) is 6.37. The quantitative estimate of drug-likeness (QED) is 0.819. The van der Waals surface area contributed by atoms with E-state index in [4.69, 9.17) is 0 Å². The molecule has 0 unspecified atom stereocenters. The molecule has 0 radical (unpaired) electrons. The van der Waals surface area contributed by atoms with Crippen molar-refractivity contribution in [3.8, 4) is 0 Å². The van der Waals surface area contributed by atoms with Crippen LogP contribution in [0.3, 0.4) is 0 Å². The van der Waals surface area contributed by atoms with Crippen molar-refractivity contribution in [3.63, 3.8) is 0 Å². The van der Waals surface area contributed by atoms with E-state index in [0.29, 0.717) is 30.8 Å². The molecule has 0 atom stereocenters. The van der Waals surface area contributed by atoms with E-state index in [0.717, 1.165) is 50.8 Å². The average Bonchev–Trinajstić information content (AvgIpc) is 2.81. The number of benzene rings is 1.